The molecule has 20 heteroatoms. The van der Waals surface area contributed by atoms with Crippen molar-refractivity contribution in [1.82, 2.24) is 15.5 Å². The van der Waals surface area contributed by atoms with E-state index < -0.39 is 87.9 Å². The summed E-state index contributed by atoms with van der Waals surface area (Å²) in [7, 11) is -4.73. The van der Waals surface area contributed by atoms with Crippen molar-refractivity contribution >= 4 is 45.7 Å². The monoisotopic (exact) mass is 743 g/mol. The summed E-state index contributed by atoms with van der Waals surface area (Å²) < 4.78 is 60.0. The molecular formula is C31H41N3O16S. The van der Waals surface area contributed by atoms with Gasteiger partial charge >= 0.3 is 11.9 Å². The molecule has 0 aromatic heterocycles. The number of aliphatic carboxylic acids is 1. The zero-order valence-electron chi connectivity index (χ0n) is 28.1. The number of rotatable bonds is 18. The van der Waals surface area contributed by atoms with E-state index in [1.807, 2.05) is 0 Å². The molecule has 5 N–H and O–H groups in total. The number of nitrogens with one attached hydrogen (secondary N) is 2. The van der Waals surface area contributed by atoms with Gasteiger partial charge in [0.15, 0.2) is 6.10 Å². The lowest BCUT2D eigenvalue weighted by molar-refractivity contribution is -0.195. The highest BCUT2D eigenvalue weighted by atomic mass is 32.2. The predicted molar refractivity (Wildman–Crippen MR) is 171 cm³/mol. The first-order valence-corrected chi connectivity index (χ1v) is 17.2. The maximum absolute atomic E-state index is 12.6. The molecule has 3 unspecified atom stereocenters. The Morgan fingerprint density at radius 2 is 1.75 bits per heavy atom. The van der Waals surface area contributed by atoms with Crippen molar-refractivity contribution in [3.05, 3.63) is 35.9 Å². The van der Waals surface area contributed by atoms with Crippen LogP contribution in [-0.4, -0.2) is 127 Å². The average molecular weight is 744 g/mol. The van der Waals surface area contributed by atoms with Crippen molar-refractivity contribution in [2.24, 2.45) is 5.41 Å². The van der Waals surface area contributed by atoms with Crippen LogP contribution in [0, 0.1) is 5.41 Å². The predicted octanol–water partition coefficient (Wildman–Crippen LogP) is -1.09. The molecule has 0 spiro atoms. The zero-order valence-corrected chi connectivity index (χ0v) is 28.9. The van der Waals surface area contributed by atoms with Gasteiger partial charge < -0.3 is 44.5 Å². The van der Waals surface area contributed by atoms with Crippen LogP contribution in [-0.2, 0) is 59.7 Å². The highest BCUT2D eigenvalue weighted by molar-refractivity contribution is 7.85. The second kappa shape index (κ2) is 18.0. The van der Waals surface area contributed by atoms with Gasteiger partial charge in [0.2, 0.25) is 18.1 Å². The van der Waals surface area contributed by atoms with E-state index in [1.165, 1.54) is 12.1 Å². The van der Waals surface area contributed by atoms with E-state index in [4.69, 9.17) is 23.7 Å². The third-order valence-corrected chi connectivity index (χ3v) is 7.84. The van der Waals surface area contributed by atoms with E-state index >= 15 is 0 Å². The molecule has 1 aromatic carbocycles. The smallest absolute Gasteiger partial charge is 0.333 e. The van der Waals surface area contributed by atoms with E-state index in [9.17, 15) is 52.0 Å². The van der Waals surface area contributed by atoms with Crippen molar-refractivity contribution in [1.29, 1.82) is 0 Å². The zero-order chi connectivity index (χ0) is 37.9. The number of hydrogen-bond donors (Lipinski definition) is 5. The second-order valence-corrected chi connectivity index (χ2v) is 13.9. The number of carboxylic acids is 1. The van der Waals surface area contributed by atoms with E-state index in [0.29, 0.717) is 10.5 Å². The Morgan fingerprint density at radius 1 is 1.06 bits per heavy atom. The second-order valence-electron chi connectivity index (χ2n) is 12.4. The number of esters is 1. The Morgan fingerprint density at radius 3 is 2.37 bits per heavy atom. The summed E-state index contributed by atoms with van der Waals surface area (Å²) in [5, 5.41) is 23.8. The quantitative estimate of drug-likeness (QED) is 0.0518. The van der Waals surface area contributed by atoms with Crippen LogP contribution in [0.25, 0.3) is 0 Å². The van der Waals surface area contributed by atoms with Crippen LogP contribution in [0.5, 0.6) is 11.5 Å². The first-order valence-electron chi connectivity index (χ1n) is 15.6. The number of benzene rings is 1. The molecule has 1 saturated heterocycles. The first kappa shape index (κ1) is 40.8. The van der Waals surface area contributed by atoms with E-state index in [0.717, 1.165) is 12.2 Å². The Kier molecular flexibility index (Phi) is 14.4. The van der Waals surface area contributed by atoms with Gasteiger partial charge in [0.1, 0.15) is 43.1 Å². The number of carboxylic acid groups (broad SMARTS) is 1. The summed E-state index contributed by atoms with van der Waals surface area (Å²) in [6, 6.07) is 2.82. The fourth-order valence-corrected chi connectivity index (χ4v) is 5.17. The van der Waals surface area contributed by atoms with Crippen LogP contribution in [0.15, 0.2) is 30.4 Å². The summed E-state index contributed by atoms with van der Waals surface area (Å²) in [5.41, 5.74) is -0.306. The molecule has 0 aliphatic carbocycles. The number of imide groups is 1. The van der Waals surface area contributed by atoms with Gasteiger partial charge in [0.25, 0.3) is 21.9 Å². The maximum atomic E-state index is 12.6. The van der Waals surface area contributed by atoms with Gasteiger partial charge in [0, 0.05) is 43.2 Å². The molecular weight excluding hydrogens is 702 g/mol. The molecule has 2 aliphatic heterocycles. The molecule has 19 nitrogen and oxygen atoms in total. The summed E-state index contributed by atoms with van der Waals surface area (Å²) in [6.45, 7) is 3.80. The molecule has 1 fully saturated rings. The van der Waals surface area contributed by atoms with Crippen molar-refractivity contribution in [2.75, 3.05) is 38.7 Å². The number of nitrogens with zero attached hydrogens (tertiary/aromatic N) is 1. The molecule has 51 heavy (non-hydrogen) atoms. The van der Waals surface area contributed by atoms with Crippen molar-refractivity contribution < 1.29 is 75.6 Å². The Balaban J connectivity index is 1.53. The lowest BCUT2D eigenvalue weighted by Gasteiger charge is -2.31. The van der Waals surface area contributed by atoms with Gasteiger partial charge in [0.05, 0.1) is 24.7 Å². The van der Waals surface area contributed by atoms with Gasteiger partial charge in [-0.15, -0.1) is 0 Å². The number of ether oxygens (including phenoxy) is 5. The maximum Gasteiger partial charge on any atom is 0.333 e. The Hall–Kier alpha value is -4.63. The van der Waals surface area contributed by atoms with Gasteiger partial charge in [-0.05, 0) is 32.9 Å². The molecule has 2 aliphatic rings. The van der Waals surface area contributed by atoms with Gasteiger partial charge in [-0.2, -0.15) is 8.42 Å². The van der Waals surface area contributed by atoms with Gasteiger partial charge in [-0.25, -0.2) is 4.79 Å². The number of amides is 4. The van der Waals surface area contributed by atoms with Crippen LogP contribution in [0.2, 0.25) is 0 Å². The number of aliphatic hydroxyl groups excluding tert-OH is 1. The minimum atomic E-state index is -4.73. The highest BCUT2D eigenvalue weighted by Crippen LogP contribution is 2.30. The molecule has 4 amide bonds. The third kappa shape index (κ3) is 13.5. The number of carbonyl (C=O) groups excluding carboxylic acids is 5. The summed E-state index contributed by atoms with van der Waals surface area (Å²) >= 11 is 0. The standard InChI is InChI=1S/C31H41N3O16S/c1-31(2,3)30(42)48-16-18-4-5-20(49-27-13-19(35)12-23(50-27)29(40)41)14-22(18)47-11-10-46-9-8-32-28(39)21(17-51(43,44)45)33-24(36)15-34-25(37)6-7-26(34)38/h4-7,14,19,21,23,27,35H,8-13,15-17H2,1-3H3,(H,32,39)(H,33,36)(H,40,41)(H,43,44,45)/t19-,21?,23?,27?/m0/s1. The highest BCUT2D eigenvalue weighted by Gasteiger charge is 2.34. The summed E-state index contributed by atoms with van der Waals surface area (Å²) in [5.74, 6) is -5.98. The van der Waals surface area contributed by atoms with Crippen LogP contribution in [0.4, 0.5) is 0 Å². The number of hydrogen-bond acceptors (Lipinski definition) is 14. The van der Waals surface area contributed by atoms with Crippen molar-refractivity contribution in [2.45, 2.75) is 64.8 Å². The van der Waals surface area contributed by atoms with Crippen molar-refractivity contribution in [3.8, 4) is 11.5 Å². The topological polar surface area (TPSA) is 271 Å². The van der Waals surface area contributed by atoms with E-state index in [2.05, 4.69) is 10.6 Å². The Bertz CT molecular complexity index is 1590. The molecule has 0 saturated carbocycles. The minimum absolute atomic E-state index is 0.0244. The summed E-state index contributed by atoms with van der Waals surface area (Å²) in [4.78, 5) is 72.6. The lowest BCUT2D eigenvalue weighted by atomic mass is 9.97. The van der Waals surface area contributed by atoms with E-state index in [1.54, 1.807) is 26.8 Å². The summed E-state index contributed by atoms with van der Waals surface area (Å²) in [6.07, 6.45) is -1.45. The van der Waals surface area contributed by atoms with Crippen molar-refractivity contribution in [3.63, 3.8) is 0 Å². The van der Waals surface area contributed by atoms with Crippen LogP contribution in [0.3, 0.4) is 0 Å². The normalized spacial score (nSPS) is 19.7. The first-order chi connectivity index (χ1) is 23.8. The average Bonchev–Trinajstić information content (AvgIpc) is 3.33. The largest absolute Gasteiger partial charge is 0.491 e. The lowest BCUT2D eigenvalue weighted by Crippen LogP contribution is -2.53. The SMILES string of the molecule is CC(C)(C)C(=O)OCc1ccc(OC2C[C@@H](O)CC(C(=O)O)O2)cc1OCCOCCNC(=O)C(CS(=O)(=O)O)NC(=O)CN1C(=O)C=CC1=O. The molecule has 3 rings (SSSR count). The fraction of sp³-hybridized carbons (Fsp3) is 0.548. The van der Waals surface area contributed by atoms with E-state index in [-0.39, 0.29) is 57.3 Å². The minimum Gasteiger partial charge on any atom is -0.491 e. The molecule has 0 radical (unpaired) electrons. The molecule has 2 heterocycles. The van der Waals surface area contributed by atoms with Crippen LogP contribution >= 0.6 is 0 Å². The molecule has 1 aromatic rings. The number of aliphatic hydroxyl groups is 1. The van der Waals surface area contributed by atoms with Gasteiger partial charge in [-0.1, -0.05) is 0 Å². The number of carbonyl (C=O) groups is 6. The van der Waals surface area contributed by atoms with Crippen LogP contribution in [0.1, 0.15) is 39.2 Å². The molecule has 0 bridgehead atoms. The fourth-order valence-electron chi connectivity index (χ4n) is 4.51. The Labute approximate surface area is 292 Å². The van der Waals surface area contributed by atoms with Gasteiger partial charge in [-0.3, -0.25) is 33.4 Å². The van der Waals surface area contributed by atoms with Crippen LogP contribution < -0.4 is 20.1 Å². The third-order valence-electron chi connectivity index (χ3n) is 7.08. The molecule has 4 atom stereocenters. The molecule has 282 valence electrons.